The topological polar surface area (TPSA) is 21.3 Å². The van der Waals surface area contributed by atoms with Gasteiger partial charge in [-0.15, -0.1) is 0 Å². The van der Waals surface area contributed by atoms with E-state index in [1.807, 2.05) is 11.8 Å². The van der Waals surface area contributed by atoms with Crippen LogP contribution in [-0.4, -0.2) is 42.0 Å². The Bertz CT molecular complexity index is 273. The Hall–Kier alpha value is 0.200. The third-order valence-corrected chi connectivity index (χ3v) is 5.16. The molecule has 0 bridgehead atoms. The molecule has 0 saturated carbocycles. The van der Waals surface area contributed by atoms with Gasteiger partial charge in [0, 0.05) is 24.4 Å². The van der Waals surface area contributed by atoms with E-state index in [-0.39, 0.29) is 17.1 Å². The first-order chi connectivity index (χ1) is 8.40. The average molecular weight is 275 g/mol. The summed E-state index contributed by atoms with van der Waals surface area (Å²) in [5.41, 5.74) is -0.00391. The molecule has 0 amide bonds. The summed E-state index contributed by atoms with van der Waals surface area (Å²) in [4.78, 5) is 0. The first-order valence-corrected chi connectivity index (χ1v) is 8.17. The molecule has 2 nitrogen and oxygen atoms in total. The molecule has 0 radical (unpaired) electrons. The van der Waals surface area contributed by atoms with Gasteiger partial charge in [-0.2, -0.15) is 11.8 Å². The van der Waals surface area contributed by atoms with Gasteiger partial charge in [-0.05, 0) is 51.7 Å². The predicted molar refractivity (Wildman–Crippen MR) is 76.0 cm³/mol. The molecule has 18 heavy (non-hydrogen) atoms. The lowest BCUT2D eigenvalue weighted by atomic mass is 9.82. The fourth-order valence-corrected chi connectivity index (χ4v) is 4.19. The number of ether oxygens (including phenoxy) is 1. The zero-order chi connectivity index (χ0) is 13.2. The van der Waals surface area contributed by atoms with Crippen LogP contribution >= 0.6 is 11.8 Å². The number of alkyl halides is 1. The van der Waals surface area contributed by atoms with Crippen molar-refractivity contribution in [1.29, 1.82) is 0 Å². The molecule has 3 unspecified atom stereocenters. The van der Waals surface area contributed by atoms with E-state index in [0.29, 0.717) is 6.54 Å². The van der Waals surface area contributed by atoms with Crippen molar-refractivity contribution in [2.24, 2.45) is 5.92 Å². The Morgan fingerprint density at radius 2 is 2.28 bits per heavy atom. The van der Waals surface area contributed by atoms with Crippen molar-refractivity contribution in [3.63, 3.8) is 0 Å². The molecule has 2 aliphatic heterocycles. The van der Waals surface area contributed by atoms with Crippen molar-refractivity contribution >= 4 is 11.8 Å². The highest BCUT2D eigenvalue weighted by Crippen LogP contribution is 2.41. The predicted octanol–water partition coefficient (Wildman–Crippen LogP) is 3.01. The van der Waals surface area contributed by atoms with E-state index in [1.165, 1.54) is 5.75 Å². The Morgan fingerprint density at radius 1 is 1.50 bits per heavy atom. The van der Waals surface area contributed by atoms with Crippen molar-refractivity contribution in [1.82, 2.24) is 5.32 Å². The van der Waals surface area contributed by atoms with Crippen LogP contribution in [0.3, 0.4) is 0 Å². The molecule has 2 aliphatic rings. The minimum absolute atomic E-state index is 0.000341. The molecule has 0 aromatic rings. The van der Waals surface area contributed by atoms with Gasteiger partial charge >= 0.3 is 0 Å². The Balaban J connectivity index is 1.84. The number of rotatable bonds is 3. The highest BCUT2D eigenvalue weighted by molar-refractivity contribution is 7.99. The molecule has 4 heteroatoms. The molecule has 106 valence electrons. The van der Waals surface area contributed by atoms with Crippen LogP contribution in [-0.2, 0) is 4.74 Å². The summed E-state index contributed by atoms with van der Waals surface area (Å²) in [5, 5.41) is 3.28. The van der Waals surface area contributed by atoms with E-state index >= 15 is 0 Å². The van der Waals surface area contributed by atoms with Gasteiger partial charge in [-0.3, -0.25) is 0 Å². The van der Waals surface area contributed by atoms with Gasteiger partial charge in [0.1, 0.15) is 6.17 Å². The Morgan fingerprint density at radius 3 is 2.89 bits per heavy atom. The monoisotopic (exact) mass is 275 g/mol. The van der Waals surface area contributed by atoms with Crippen LogP contribution in [0, 0.1) is 5.92 Å². The van der Waals surface area contributed by atoms with Crippen molar-refractivity contribution in [2.75, 3.05) is 24.7 Å². The van der Waals surface area contributed by atoms with Crippen LogP contribution < -0.4 is 5.32 Å². The first-order valence-electron chi connectivity index (χ1n) is 7.01. The summed E-state index contributed by atoms with van der Waals surface area (Å²) in [7, 11) is 0. The lowest BCUT2D eigenvalue weighted by Crippen LogP contribution is -2.46. The molecule has 0 aromatic heterocycles. The number of halogens is 1. The number of nitrogens with one attached hydrogen (secondary N) is 1. The molecular weight excluding hydrogens is 249 g/mol. The summed E-state index contributed by atoms with van der Waals surface area (Å²) in [6, 6.07) is 0. The first kappa shape index (κ1) is 14.6. The molecule has 1 spiro atoms. The Labute approximate surface area is 114 Å². The lowest BCUT2D eigenvalue weighted by Gasteiger charge is -2.39. The SMILES string of the molecule is CC(C)(C)NCC(F)C1CCOC2(CCSC2)C1. The quantitative estimate of drug-likeness (QED) is 0.855. The van der Waals surface area contributed by atoms with E-state index in [9.17, 15) is 4.39 Å². The van der Waals surface area contributed by atoms with Gasteiger partial charge < -0.3 is 10.1 Å². The highest BCUT2D eigenvalue weighted by Gasteiger charge is 2.42. The van der Waals surface area contributed by atoms with Gasteiger partial charge in [-0.25, -0.2) is 4.39 Å². The van der Waals surface area contributed by atoms with Crippen LogP contribution in [0.2, 0.25) is 0 Å². The molecule has 2 fully saturated rings. The van der Waals surface area contributed by atoms with E-state index in [0.717, 1.165) is 31.6 Å². The summed E-state index contributed by atoms with van der Waals surface area (Å²) < 4.78 is 20.3. The van der Waals surface area contributed by atoms with Gasteiger partial charge in [-0.1, -0.05) is 0 Å². The van der Waals surface area contributed by atoms with E-state index in [1.54, 1.807) is 0 Å². The number of hydrogen-bond acceptors (Lipinski definition) is 3. The summed E-state index contributed by atoms with van der Waals surface area (Å²) in [5.74, 6) is 2.40. The molecule has 2 rings (SSSR count). The molecule has 2 heterocycles. The average Bonchev–Trinajstić information content (AvgIpc) is 2.73. The second kappa shape index (κ2) is 5.68. The largest absolute Gasteiger partial charge is 0.374 e. The maximum Gasteiger partial charge on any atom is 0.115 e. The molecule has 3 atom stereocenters. The van der Waals surface area contributed by atoms with Crippen LogP contribution in [0.4, 0.5) is 4.39 Å². The second-order valence-corrected chi connectivity index (χ2v) is 7.84. The van der Waals surface area contributed by atoms with Gasteiger partial charge in [0.05, 0.1) is 5.60 Å². The van der Waals surface area contributed by atoms with Gasteiger partial charge in [0.15, 0.2) is 0 Å². The van der Waals surface area contributed by atoms with E-state index in [4.69, 9.17) is 4.74 Å². The van der Waals surface area contributed by atoms with Crippen LogP contribution in [0.5, 0.6) is 0 Å². The van der Waals surface area contributed by atoms with E-state index < -0.39 is 6.17 Å². The minimum Gasteiger partial charge on any atom is -0.374 e. The lowest BCUT2D eigenvalue weighted by molar-refractivity contribution is -0.0917. The molecular formula is C14H26FNOS. The van der Waals surface area contributed by atoms with Crippen molar-refractivity contribution in [3.05, 3.63) is 0 Å². The van der Waals surface area contributed by atoms with Crippen molar-refractivity contribution in [2.45, 2.75) is 57.3 Å². The Kier molecular flexibility index (Phi) is 4.61. The van der Waals surface area contributed by atoms with Crippen LogP contribution in [0.1, 0.15) is 40.0 Å². The molecule has 0 aliphatic carbocycles. The van der Waals surface area contributed by atoms with Crippen molar-refractivity contribution < 1.29 is 9.13 Å². The molecule has 1 N–H and O–H groups in total. The standard InChI is InChI=1S/C14H26FNOS/c1-13(2,3)16-9-12(15)11-4-6-17-14(8-11)5-7-18-10-14/h11-12,16H,4-10H2,1-3H3. The van der Waals surface area contributed by atoms with Crippen molar-refractivity contribution in [3.8, 4) is 0 Å². The molecule has 0 aromatic carbocycles. The maximum absolute atomic E-state index is 14.3. The smallest absolute Gasteiger partial charge is 0.115 e. The van der Waals surface area contributed by atoms with Gasteiger partial charge in [0.2, 0.25) is 0 Å². The van der Waals surface area contributed by atoms with Crippen LogP contribution in [0.25, 0.3) is 0 Å². The summed E-state index contributed by atoms with van der Waals surface area (Å²) >= 11 is 1.95. The molecule has 2 saturated heterocycles. The fraction of sp³-hybridized carbons (Fsp3) is 1.00. The van der Waals surface area contributed by atoms with Gasteiger partial charge in [0.25, 0.3) is 0 Å². The maximum atomic E-state index is 14.3. The third kappa shape index (κ3) is 3.84. The van der Waals surface area contributed by atoms with E-state index in [2.05, 4.69) is 26.1 Å². The highest BCUT2D eigenvalue weighted by atomic mass is 32.2. The second-order valence-electron chi connectivity index (χ2n) is 6.73. The van der Waals surface area contributed by atoms with Crippen LogP contribution in [0.15, 0.2) is 0 Å². The summed E-state index contributed by atoms with van der Waals surface area (Å²) in [6.07, 6.45) is 2.15. The summed E-state index contributed by atoms with van der Waals surface area (Å²) in [6.45, 7) is 7.45. The third-order valence-electron chi connectivity index (χ3n) is 3.94. The zero-order valence-corrected chi connectivity index (χ0v) is 12.6. The normalized spacial score (nSPS) is 35.0. The zero-order valence-electron chi connectivity index (χ0n) is 11.8. The number of thioether (sulfide) groups is 1. The fourth-order valence-electron chi connectivity index (χ4n) is 2.81. The number of hydrogen-bond donors (Lipinski definition) is 1. The minimum atomic E-state index is -0.740.